The molecule has 4 amide bonds. The lowest BCUT2D eigenvalue weighted by atomic mass is 9.85. The van der Waals surface area contributed by atoms with Crippen molar-refractivity contribution < 1.29 is 37.1 Å². The van der Waals surface area contributed by atoms with E-state index < -0.39 is 74.1 Å². The Morgan fingerprint density at radius 2 is 1.94 bits per heavy atom. The fourth-order valence-electron chi connectivity index (χ4n) is 6.35. The Hall–Kier alpha value is -4.15. The molecule has 1 saturated heterocycles. The molecule has 0 spiro atoms. The SMILES string of the molecule is C=CC1C[C@]1(NC(=O)[C@@H]1C[C@@H]2CN1C(=O)[C@H](C(C)(C)C)NC(=O)OCCCCC/C=C/c1cccc(c1)C#CCO2)C(=O)NS(=O)(=O)C1CC1. The summed E-state index contributed by atoms with van der Waals surface area (Å²) in [6.45, 7) is 9.42. The number of rotatable bonds is 6. The zero-order valence-electron chi connectivity index (χ0n) is 29.0. The van der Waals surface area contributed by atoms with Crippen LogP contribution in [0.15, 0.2) is 43.0 Å². The molecule has 12 nitrogen and oxygen atoms in total. The van der Waals surface area contributed by atoms with E-state index in [0.29, 0.717) is 19.3 Å². The van der Waals surface area contributed by atoms with Crippen LogP contribution >= 0.6 is 0 Å². The number of cyclic esters (lactones) is 1. The number of allylic oxidation sites excluding steroid dienone is 1. The number of fused-ring (bicyclic) bond motifs is 4. The minimum absolute atomic E-state index is 0.0301. The third-order valence-corrected chi connectivity index (χ3v) is 11.4. The number of hydrogen-bond donors (Lipinski definition) is 3. The molecule has 2 heterocycles. The number of nitrogens with zero attached hydrogens (tertiary/aromatic N) is 1. The van der Waals surface area contributed by atoms with Crippen molar-refractivity contribution in [2.75, 3.05) is 19.8 Å². The van der Waals surface area contributed by atoms with Crippen LogP contribution in [-0.4, -0.2) is 85.9 Å². The summed E-state index contributed by atoms with van der Waals surface area (Å²) in [5.74, 6) is 3.68. The lowest BCUT2D eigenvalue weighted by Gasteiger charge is -2.35. The minimum Gasteiger partial charge on any atom is -0.450 e. The smallest absolute Gasteiger partial charge is 0.407 e. The Morgan fingerprint density at radius 1 is 1.16 bits per heavy atom. The molecule has 1 aromatic rings. The second-order valence-corrected chi connectivity index (χ2v) is 16.6. The molecule has 3 fully saturated rings. The van der Waals surface area contributed by atoms with Gasteiger partial charge in [-0.1, -0.05) is 63.0 Å². The van der Waals surface area contributed by atoms with E-state index in [0.717, 1.165) is 30.4 Å². The molecular weight excluding hydrogens is 660 g/mol. The number of alkyl carbamates (subject to hydrolysis) is 1. The fourth-order valence-corrected chi connectivity index (χ4v) is 7.71. The normalized spacial score (nSPS) is 28.7. The number of ether oxygens (including phenoxy) is 2. The maximum Gasteiger partial charge on any atom is 0.407 e. The van der Waals surface area contributed by atoms with Crippen molar-refractivity contribution in [1.29, 1.82) is 0 Å². The highest BCUT2D eigenvalue weighted by atomic mass is 32.2. The highest BCUT2D eigenvalue weighted by molar-refractivity contribution is 7.91. The van der Waals surface area contributed by atoms with Crippen LogP contribution in [0, 0.1) is 23.2 Å². The molecule has 2 aliphatic carbocycles. The van der Waals surface area contributed by atoms with Crippen molar-refractivity contribution in [3.8, 4) is 11.8 Å². The third kappa shape index (κ3) is 9.14. The predicted octanol–water partition coefficient (Wildman–Crippen LogP) is 3.42. The molecule has 13 heteroatoms. The first kappa shape index (κ1) is 37.1. The van der Waals surface area contributed by atoms with Gasteiger partial charge in [-0.25, -0.2) is 13.2 Å². The van der Waals surface area contributed by atoms with Gasteiger partial charge >= 0.3 is 6.09 Å². The van der Waals surface area contributed by atoms with Crippen LogP contribution in [0.2, 0.25) is 0 Å². The van der Waals surface area contributed by atoms with Gasteiger partial charge in [0.2, 0.25) is 21.8 Å². The second-order valence-electron chi connectivity index (χ2n) is 14.6. The van der Waals surface area contributed by atoms with Gasteiger partial charge in [0.1, 0.15) is 24.2 Å². The Labute approximate surface area is 294 Å². The van der Waals surface area contributed by atoms with E-state index in [9.17, 15) is 27.6 Å². The van der Waals surface area contributed by atoms with Crippen LogP contribution in [0.5, 0.6) is 0 Å². The Balaban J connectivity index is 1.39. The summed E-state index contributed by atoms with van der Waals surface area (Å²) in [6, 6.07) is 5.71. The quantitative estimate of drug-likeness (QED) is 0.300. The van der Waals surface area contributed by atoms with Crippen molar-refractivity contribution >= 4 is 39.9 Å². The van der Waals surface area contributed by atoms with Gasteiger partial charge in [-0.05, 0) is 68.1 Å². The van der Waals surface area contributed by atoms with E-state index in [2.05, 4.69) is 45.9 Å². The topological polar surface area (TPSA) is 160 Å². The van der Waals surface area contributed by atoms with Crippen LogP contribution in [-0.2, 0) is 33.9 Å². The van der Waals surface area contributed by atoms with Gasteiger partial charge in [-0.3, -0.25) is 19.1 Å². The maximum atomic E-state index is 14.3. The molecule has 4 bridgehead atoms. The first-order valence-electron chi connectivity index (χ1n) is 17.3. The van der Waals surface area contributed by atoms with Crippen molar-refractivity contribution in [1.82, 2.24) is 20.3 Å². The van der Waals surface area contributed by atoms with Crippen LogP contribution in [0.1, 0.15) is 83.3 Å². The Bertz CT molecular complexity index is 1690. The molecule has 4 aliphatic rings. The summed E-state index contributed by atoms with van der Waals surface area (Å²) in [7, 11) is -3.87. The summed E-state index contributed by atoms with van der Waals surface area (Å²) in [5.41, 5.74) is -0.430. The molecule has 0 aromatic heterocycles. The molecule has 0 radical (unpaired) electrons. The van der Waals surface area contributed by atoms with Gasteiger partial charge in [0.15, 0.2) is 0 Å². The van der Waals surface area contributed by atoms with Gasteiger partial charge in [-0.2, -0.15) is 0 Å². The lowest BCUT2D eigenvalue weighted by Crippen LogP contribution is -2.60. The van der Waals surface area contributed by atoms with E-state index in [1.54, 1.807) is 20.8 Å². The standard InChI is InChI=1S/C37H48N4O8S/c1-5-27-23-37(27,34(44)40-50(46,47)29-17-18-29)39-32(42)30-22-28-24-41(30)33(43)31(36(2,3)4)38-35(45)49-19-10-8-6-7-9-13-25-14-11-15-26(21-25)16-12-20-48-28/h5,9,11,13-15,21,27-31H,1,6-8,10,17-20,22-24H2,2-4H3,(H,38,45)(H,39,42)(H,40,44)/b13-9+/t27?,28-,30+,31-,37-/m1/s1. The van der Waals surface area contributed by atoms with Crippen molar-refractivity contribution in [2.45, 2.75) is 101 Å². The molecule has 3 N–H and O–H groups in total. The number of benzene rings is 1. The number of sulfonamides is 1. The number of carbonyl (C=O) groups is 4. The van der Waals surface area contributed by atoms with Crippen LogP contribution in [0.25, 0.3) is 6.08 Å². The summed E-state index contributed by atoms with van der Waals surface area (Å²) >= 11 is 0. The summed E-state index contributed by atoms with van der Waals surface area (Å²) in [5, 5.41) is 4.88. The fraction of sp³-hybridized carbons (Fsp3) is 0.568. The molecule has 5 rings (SSSR count). The van der Waals surface area contributed by atoms with Gasteiger partial charge in [0.05, 0.1) is 18.0 Å². The zero-order chi connectivity index (χ0) is 36.1. The number of hydrogen-bond acceptors (Lipinski definition) is 8. The monoisotopic (exact) mass is 708 g/mol. The van der Waals surface area contributed by atoms with Gasteiger partial charge in [0.25, 0.3) is 5.91 Å². The average Bonchev–Trinajstić information content (AvgIpc) is 3.99. The van der Waals surface area contributed by atoms with Crippen LogP contribution in [0.4, 0.5) is 4.79 Å². The number of carbonyl (C=O) groups excluding carboxylic acids is 4. The number of amides is 4. The number of nitrogens with one attached hydrogen (secondary N) is 3. The van der Waals surface area contributed by atoms with Crippen molar-refractivity contribution in [3.05, 3.63) is 54.1 Å². The van der Waals surface area contributed by atoms with Gasteiger partial charge in [0, 0.05) is 24.4 Å². The minimum atomic E-state index is -3.87. The molecule has 1 unspecified atom stereocenters. The molecule has 1 aromatic carbocycles. The summed E-state index contributed by atoms with van der Waals surface area (Å²) in [4.78, 5) is 56.0. The van der Waals surface area contributed by atoms with E-state index in [4.69, 9.17) is 9.47 Å². The van der Waals surface area contributed by atoms with Gasteiger partial charge in [-0.15, -0.1) is 6.58 Å². The maximum absolute atomic E-state index is 14.3. The molecule has 5 atom stereocenters. The largest absolute Gasteiger partial charge is 0.450 e. The zero-order valence-corrected chi connectivity index (χ0v) is 29.9. The Morgan fingerprint density at radius 3 is 2.64 bits per heavy atom. The first-order valence-corrected chi connectivity index (χ1v) is 18.9. The van der Waals surface area contributed by atoms with Crippen LogP contribution in [0.3, 0.4) is 0 Å². The highest BCUT2D eigenvalue weighted by Crippen LogP contribution is 2.45. The molecule has 2 aliphatic heterocycles. The first-order chi connectivity index (χ1) is 23.7. The lowest BCUT2D eigenvalue weighted by molar-refractivity contribution is -0.143. The second kappa shape index (κ2) is 15.4. The Kier molecular flexibility index (Phi) is 11.4. The average molecular weight is 709 g/mol. The molecule has 2 saturated carbocycles. The summed E-state index contributed by atoms with van der Waals surface area (Å²) in [6.07, 6.45) is 8.88. The van der Waals surface area contributed by atoms with Gasteiger partial charge < -0.3 is 25.0 Å². The summed E-state index contributed by atoms with van der Waals surface area (Å²) < 4.78 is 38.9. The van der Waals surface area contributed by atoms with E-state index >= 15 is 0 Å². The third-order valence-electron chi connectivity index (χ3n) is 9.54. The molecule has 50 heavy (non-hydrogen) atoms. The van der Waals surface area contributed by atoms with Crippen molar-refractivity contribution in [3.63, 3.8) is 0 Å². The highest BCUT2D eigenvalue weighted by Gasteiger charge is 2.62. The van der Waals surface area contributed by atoms with Crippen LogP contribution < -0.4 is 15.4 Å². The van der Waals surface area contributed by atoms with Crippen molar-refractivity contribution in [2.24, 2.45) is 11.3 Å². The van der Waals surface area contributed by atoms with E-state index in [1.807, 2.05) is 24.3 Å². The molecular formula is C37H48N4O8S. The molecule has 270 valence electrons. The van der Waals surface area contributed by atoms with E-state index in [1.165, 1.54) is 11.0 Å². The predicted molar refractivity (Wildman–Crippen MR) is 188 cm³/mol. The van der Waals surface area contributed by atoms with E-state index in [-0.39, 0.29) is 32.6 Å².